The second-order valence-electron chi connectivity index (χ2n) is 11.9. The zero-order chi connectivity index (χ0) is 30.3. The molecule has 2 aliphatic carbocycles. The maximum Gasteiger partial charge on any atom is 0.251 e. The quantitative estimate of drug-likeness (QED) is 0.252. The summed E-state index contributed by atoms with van der Waals surface area (Å²) in [5.41, 5.74) is 3.29. The number of aliphatic hydroxyl groups is 1. The van der Waals surface area contributed by atoms with Crippen molar-refractivity contribution >= 4 is 34.3 Å². The lowest BCUT2D eigenvalue weighted by molar-refractivity contribution is -0.123. The highest BCUT2D eigenvalue weighted by atomic mass is 35.5. The van der Waals surface area contributed by atoms with Crippen LogP contribution in [0.4, 0.5) is 8.78 Å². The molecule has 4 N–H and O–H groups in total. The molecule has 2 aromatic carbocycles. The summed E-state index contributed by atoms with van der Waals surface area (Å²) in [6, 6.07) is 9.17. The van der Waals surface area contributed by atoms with Crippen molar-refractivity contribution in [1.82, 2.24) is 20.1 Å². The Bertz CT molecular complexity index is 1840. The van der Waals surface area contributed by atoms with E-state index in [1.807, 2.05) is 10.9 Å². The van der Waals surface area contributed by atoms with Crippen molar-refractivity contribution in [3.8, 4) is 17.0 Å². The van der Waals surface area contributed by atoms with Gasteiger partial charge in [-0.15, -0.1) is 0 Å². The summed E-state index contributed by atoms with van der Waals surface area (Å²) < 4.78 is 38.1. The number of ether oxygens (including phenoxy) is 1. The number of pyridine rings is 1. The minimum atomic E-state index is -1.73. The number of carbonyl (C=O) groups is 2. The summed E-state index contributed by atoms with van der Waals surface area (Å²) >= 11 is 6.00. The zero-order valence-electron chi connectivity index (χ0n) is 23.2. The van der Waals surface area contributed by atoms with Crippen molar-refractivity contribution < 1.29 is 28.2 Å². The molecule has 43 heavy (non-hydrogen) atoms. The molecule has 12 heteroatoms. The van der Waals surface area contributed by atoms with E-state index in [0.29, 0.717) is 24.4 Å². The second-order valence-corrected chi connectivity index (χ2v) is 12.3. The molecule has 3 heterocycles. The number of halogens is 3. The van der Waals surface area contributed by atoms with Crippen molar-refractivity contribution in [2.24, 2.45) is 11.7 Å². The van der Waals surface area contributed by atoms with Crippen molar-refractivity contribution in [3.05, 3.63) is 76.1 Å². The molecule has 1 unspecified atom stereocenters. The van der Waals surface area contributed by atoms with Crippen LogP contribution in [-0.4, -0.2) is 44.8 Å². The molecule has 0 radical (unpaired) electrons. The lowest BCUT2D eigenvalue weighted by Gasteiger charge is -2.30. The van der Waals surface area contributed by atoms with Gasteiger partial charge in [-0.2, -0.15) is 5.10 Å². The number of nitrogens with two attached hydrogens (primary N) is 1. The molecule has 4 aromatic rings. The number of nitrogens with zero attached hydrogens (tertiary/aromatic N) is 3. The van der Waals surface area contributed by atoms with Crippen LogP contribution in [0.15, 0.2) is 42.6 Å². The Hall–Kier alpha value is -4.09. The number of hydrogen-bond donors (Lipinski definition) is 3. The fourth-order valence-corrected chi connectivity index (χ4v) is 5.91. The van der Waals surface area contributed by atoms with Gasteiger partial charge in [-0.25, -0.2) is 13.8 Å². The van der Waals surface area contributed by atoms with Crippen LogP contribution in [0.2, 0.25) is 5.02 Å². The van der Waals surface area contributed by atoms with Gasteiger partial charge in [0.15, 0.2) is 5.82 Å². The average molecular weight is 608 g/mol. The van der Waals surface area contributed by atoms with Crippen LogP contribution in [-0.2, 0) is 15.8 Å². The summed E-state index contributed by atoms with van der Waals surface area (Å²) in [6.45, 7) is 1.13. The summed E-state index contributed by atoms with van der Waals surface area (Å²) in [5.74, 6) is -3.47. The lowest BCUT2D eigenvalue weighted by atomic mass is 9.81. The van der Waals surface area contributed by atoms with E-state index in [9.17, 15) is 14.7 Å². The molecular formula is C31H28ClF2N5O4. The molecule has 2 amide bonds. The predicted molar refractivity (Wildman–Crippen MR) is 154 cm³/mol. The Morgan fingerprint density at radius 1 is 1.21 bits per heavy atom. The Labute approximate surface area is 250 Å². The van der Waals surface area contributed by atoms with Crippen LogP contribution in [0.1, 0.15) is 60.3 Å². The fourth-order valence-electron chi connectivity index (χ4n) is 5.76. The number of rotatable bonds is 8. The number of nitrogens with one attached hydrogen (secondary N) is 1. The zero-order valence-corrected chi connectivity index (χ0v) is 23.9. The van der Waals surface area contributed by atoms with Crippen LogP contribution in [0.3, 0.4) is 0 Å². The number of carbonyl (C=O) groups excluding carboxylic acids is 2. The Balaban J connectivity index is 1.27. The topological polar surface area (TPSA) is 132 Å². The number of benzene rings is 2. The third-order valence-corrected chi connectivity index (χ3v) is 9.11. The smallest absolute Gasteiger partial charge is 0.251 e. The standard InChI is InChI=1S/C31H28ClF2N5O4/c1-30(29(35)41)14-43-27-19(30)11-23(37-26(27)24-21(33)8-7-20(32)25(24)34)31(42,17-3-4-17)13-36-28(40)15-2-9-22-16(10-15)12-39(38-22)18-5-6-18/h2,7-12,17-18,42H,3-6,13-14H2,1H3,(H2,35,41)(H,36,40)/t30-,31?/m0/s1. The Morgan fingerprint density at radius 3 is 2.67 bits per heavy atom. The second kappa shape index (κ2) is 9.72. The number of amides is 2. The molecule has 2 saturated carbocycles. The number of hydrogen-bond acceptors (Lipinski definition) is 6. The molecule has 0 spiro atoms. The van der Waals surface area contributed by atoms with E-state index >= 15 is 8.78 Å². The highest BCUT2D eigenvalue weighted by Crippen LogP contribution is 2.50. The highest BCUT2D eigenvalue weighted by molar-refractivity contribution is 6.31. The number of aromatic nitrogens is 3. The first-order valence-electron chi connectivity index (χ1n) is 14.1. The van der Waals surface area contributed by atoms with Crippen LogP contribution in [0, 0.1) is 17.6 Å². The van der Waals surface area contributed by atoms with Gasteiger partial charge in [0.2, 0.25) is 5.91 Å². The van der Waals surface area contributed by atoms with Gasteiger partial charge in [-0.1, -0.05) is 11.6 Å². The van der Waals surface area contributed by atoms with Crippen molar-refractivity contribution in [2.45, 2.75) is 49.7 Å². The molecular weight excluding hydrogens is 580 g/mol. The Kier molecular flexibility index (Phi) is 6.26. The first-order chi connectivity index (χ1) is 20.5. The summed E-state index contributed by atoms with van der Waals surface area (Å²) in [7, 11) is 0. The minimum absolute atomic E-state index is 0.0210. The summed E-state index contributed by atoms with van der Waals surface area (Å²) in [5, 5.41) is 20.0. The van der Waals surface area contributed by atoms with E-state index in [4.69, 9.17) is 22.1 Å². The molecule has 0 saturated heterocycles. The molecule has 2 fully saturated rings. The van der Waals surface area contributed by atoms with Crippen LogP contribution in [0.25, 0.3) is 22.2 Å². The van der Waals surface area contributed by atoms with Crippen molar-refractivity contribution in [3.63, 3.8) is 0 Å². The van der Waals surface area contributed by atoms with E-state index in [2.05, 4.69) is 15.4 Å². The molecule has 3 aliphatic rings. The van der Waals surface area contributed by atoms with Gasteiger partial charge in [0.05, 0.1) is 34.4 Å². The largest absolute Gasteiger partial charge is 0.489 e. The lowest BCUT2D eigenvalue weighted by Crippen LogP contribution is -2.44. The van der Waals surface area contributed by atoms with Crippen LogP contribution in [0.5, 0.6) is 5.75 Å². The van der Waals surface area contributed by atoms with Gasteiger partial charge in [0, 0.05) is 22.7 Å². The first kappa shape index (κ1) is 27.7. The molecule has 2 atom stereocenters. The van der Waals surface area contributed by atoms with Crippen LogP contribution < -0.4 is 15.8 Å². The van der Waals surface area contributed by atoms with Gasteiger partial charge < -0.3 is 20.9 Å². The van der Waals surface area contributed by atoms with Gasteiger partial charge >= 0.3 is 0 Å². The Morgan fingerprint density at radius 2 is 1.98 bits per heavy atom. The third-order valence-electron chi connectivity index (χ3n) is 8.82. The molecule has 1 aliphatic heterocycles. The summed E-state index contributed by atoms with van der Waals surface area (Å²) in [6.07, 6.45) is 5.36. The first-order valence-corrected chi connectivity index (χ1v) is 14.5. The highest BCUT2D eigenvalue weighted by Gasteiger charge is 2.50. The summed E-state index contributed by atoms with van der Waals surface area (Å²) in [4.78, 5) is 30.4. The minimum Gasteiger partial charge on any atom is -0.489 e. The monoisotopic (exact) mass is 607 g/mol. The average Bonchev–Trinajstić information content (AvgIpc) is 3.93. The maximum atomic E-state index is 15.3. The maximum absolute atomic E-state index is 15.3. The van der Waals surface area contributed by atoms with Gasteiger partial charge in [0.25, 0.3) is 5.91 Å². The van der Waals surface area contributed by atoms with E-state index in [-0.39, 0.29) is 46.8 Å². The molecule has 0 bridgehead atoms. The molecule has 2 aromatic heterocycles. The van der Waals surface area contributed by atoms with E-state index in [0.717, 1.165) is 35.9 Å². The molecule has 7 rings (SSSR count). The fraction of sp³-hybridized carbons (Fsp3) is 0.355. The molecule has 222 valence electrons. The predicted octanol–water partition coefficient (Wildman–Crippen LogP) is 4.53. The van der Waals surface area contributed by atoms with Gasteiger partial charge in [-0.05, 0) is 74.9 Å². The van der Waals surface area contributed by atoms with E-state index in [1.54, 1.807) is 25.1 Å². The van der Waals surface area contributed by atoms with E-state index < -0.39 is 40.0 Å². The SMILES string of the molecule is C[C@]1(C(N)=O)COc2c1cc(C(O)(CNC(=O)c1ccc3nn(C4CC4)cc3c1)C1CC1)nc2-c1c(F)ccc(Cl)c1F. The van der Waals surface area contributed by atoms with Crippen LogP contribution >= 0.6 is 11.6 Å². The number of fused-ring (bicyclic) bond motifs is 2. The van der Waals surface area contributed by atoms with E-state index in [1.165, 1.54) is 6.07 Å². The number of primary amides is 1. The normalized spacial score (nSPS) is 20.9. The van der Waals surface area contributed by atoms with Crippen molar-refractivity contribution in [2.75, 3.05) is 13.2 Å². The van der Waals surface area contributed by atoms with Crippen molar-refractivity contribution in [1.29, 1.82) is 0 Å². The van der Waals surface area contributed by atoms with Gasteiger partial charge in [-0.3, -0.25) is 14.3 Å². The van der Waals surface area contributed by atoms with Gasteiger partial charge in [0.1, 0.15) is 34.9 Å². The third kappa shape index (κ3) is 4.53. The molecule has 9 nitrogen and oxygen atoms in total.